The quantitative estimate of drug-likeness (QED) is 0.381. The van der Waals surface area contributed by atoms with Crippen LogP contribution in [0.5, 0.6) is 0 Å². The van der Waals surface area contributed by atoms with E-state index in [1.807, 2.05) is 42.5 Å². The van der Waals surface area contributed by atoms with Gasteiger partial charge in [-0.3, -0.25) is 4.68 Å². The molecule has 172 valence electrons. The zero-order chi connectivity index (χ0) is 24.1. The van der Waals surface area contributed by atoms with Crippen molar-refractivity contribution < 1.29 is 13.2 Å². The number of benzene rings is 3. The van der Waals surface area contributed by atoms with E-state index in [1.165, 1.54) is 10.7 Å². The summed E-state index contributed by atoms with van der Waals surface area (Å²) in [7, 11) is -4.02. The Morgan fingerprint density at radius 1 is 0.971 bits per heavy atom. The summed E-state index contributed by atoms with van der Waals surface area (Å²) in [5.41, 5.74) is 3.78. The molecule has 7 nitrogen and oxygen atoms in total. The Bertz CT molecular complexity index is 1440. The molecule has 0 aliphatic rings. The van der Waals surface area contributed by atoms with Gasteiger partial charge in [0, 0.05) is 16.1 Å². The largest absolute Gasteiger partial charge is 0.370 e. The summed E-state index contributed by atoms with van der Waals surface area (Å²) < 4.78 is 32.1. The number of hydrogen-bond donors (Lipinski definition) is 1. The molecule has 0 fully saturated rings. The smallest absolute Gasteiger partial charge is 0.238 e. The van der Waals surface area contributed by atoms with Gasteiger partial charge in [0.15, 0.2) is 0 Å². The predicted octanol–water partition coefficient (Wildman–Crippen LogP) is 4.76. The van der Waals surface area contributed by atoms with Gasteiger partial charge in [-0.2, -0.15) is 10.4 Å². The molecule has 0 saturated carbocycles. The highest BCUT2D eigenvalue weighted by molar-refractivity contribution is 7.89. The summed E-state index contributed by atoms with van der Waals surface area (Å²) in [6.45, 7) is 0.475. The zero-order valence-electron chi connectivity index (χ0n) is 18.1. The van der Waals surface area contributed by atoms with Crippen molar-refractivity contribution in [2.45, 2.75) is 24.7 Å². The van der Waals surface area contributed by atoms with E-state index in [9.17, 15) is 13.7 Å². The second-order valence-electron chi connectivity index (χ2n) is 7.51. The molecule has 0 aliphatic carbocycles. The topological polar surface area (TPSA) is 111 Å². The molecule has 0 saturated heterocycles. The van der Waals surface area contributed by atoms with Gasteiger partial charge in [0.1, 0.15) is 12.2 Å². The van der Waals surface area contributed by atoms with Crippen molar-refractivity contribution in [2.75, 3.05) is 0 Å². The van der Waals surface area contributed by atoms with Crippen LogP contribution in [-0.2, 0) is 34.5 Å². The van der Waals surface area contributed by atoms with Gasteiger partial charge in [0.2, 0.25) is 10.0 Å². The van der Waals surface area contributed by atoms with Gasteiger partial charge in [-0.1, -0.05) is 72.3 Å². The first-order valence-electron chi connectivity index (χ1n) is 10.3. The number of nitriles is 1. The molecule has 3 aromatic carbocycles. The molecule has 4 rings (SSSR count). The molecule has 0 atom stereocenters. The van der Waals surface area contributed by atoms with Crippen LogP contribution in [0.3, 0.4) is 0 Å². The second-order valence-corrected chi connectivity index (χ2v) is 9.48. The van der Waals surface area contributed by atoms with E-state index in [0.29, 0.717) is 34.1 Å². The Morgan fingerprint density at radius 3 is 2.32 bits per heavy atom. The maximum absolute atomic E-state index is 12.3. The van der Waals surface area contributed by atoms with E-state index < -0.39 is 10.0 Å². The normalized spacial score (nSPS) is 11.3. The molecule has 2 N–H and O–H groups in total. The number of sulfonamides is 1. The van der Waals surface area contributed by atoms with Gasteiger partial charge in [-0.25, -0.2) is 13.6 Å². The lowest BCUT2D eigenvalue weighted by Gasteiger charge is -2.11. The SMILES string of the molecule is N#CCn1nc(-c2ccccc2S(N)(=O)=O)c(-c2ccc(Cl)cc2)c1COCc1ccccc1. The molecule has 0 aliphatic heterocycles. The molecule has 1 heterocycles. The Balaban J connectivity index is 1.87. The van der Waals surface area contributed by atoms with Gasteiger partial charge in [0.05, 0.1) is 29.9 Å². The van der Waals surface area contributed by atoms with Gasteiger partial charge >= 0.3 is 0 Å². The van der Waals surface area contributed by atoms with E-state index in [4.69, 9.17) is 21.5 Å². The van der Waals surface area contributed by atoms with E-state index in [2.05, 4.69) is 11.2 Å². The Hall–Kier alpha value is -3.48. The lowest BCUT2D eigenvalue weighted by atomic mass is 9.99. The third-order valence-electron chi connectivity index (χ3n) is 5.21. The predicted molar refractivity (Wildman–Crippen MR) is 130 cm³/mol. The van der Waals surface area contributed by atoms with E-state index >= 15 is 0 Å². The molecule has 4 aromatic rings. The fourth-order valence-electron chi connectivity index (χ4n) is 3.70. The fourth-order valence-corrected chi connectivity index (χ4v) is 4.57. The summed E-state index contributed by atoms with van der Waals surface area (Å²) in [6.07, 6.45) is 0. The summed E-state index contributed by atoms with van der Waals surface area (Å²) >= 11 is 6.10. The average Bonchev–Trinajstić information content (AvgIpc) is 3.18. The number of nitrogens with zero attached hydrogens (tertiary/aromatic N) is 3. The minimum atomic E-state index is -4.02. The summed E-state index contributed by atoms with van der Waals surface area (Å²) in [5.74, 6) is 0. The van der Waals surface area contributed by atoms with Crippen LogP contribution in [-0.4, -0.2) is 18.2 Å². The van der Waals surface area contributed by atoms with Crippen molar-refractivity contribution in [3.05, 3.63) is 95.1 Å². The number of hydrogen-bond acceptors (Lipinski definition) is 5. The standard InChI is InChI=1S/C25H21ClN4O3S/c26-20-12-10-19(11-13-20)24-22(17-33-16-18-6-2-1-3-7-18)30(15-14-27)29-25(24)21-8-4-5-9-23(21)34(28,31)32/h1-13H,15-17H2,(H2,28,31,32). The molecule has 0 bridgehead atoms. The number of aromatic nitrogens is 2. The fraction of sp³-hybridized carbons (Fsp3) is 0.120. The molecular formula is C25H21ClN4O3S. The van der Waals surface area contributed by atoms with Crippen molar-refractivity contribution in [1.82, 2.24) is 9.78 Å². The van der Waals surface area contributed by atoms with E-state index in [-0.39, 0.29) is 18.0 Å². The number of rotatable bonds is 8. The molecule has 0 radical (unpaired) electrons. The average molecular weight is 493 g/mol. The van der Waals surface area contributed by atoms with Crippen molar-refractivity contribution in [2.24, 2.45) is 5.14 Å². The third kappa shape index (κ3) is 5.19. The molecular weight excluding hydrogens is 472 g/mol. The van der Waals surface area contributed by atoms with E-state index in [0.717, 1.165) is 11.1 Å². The molecule has 34 heavy (non-hydrogen) atoms. The van der Waals surface area contributed by atoms with Crippen LogP contribution in [0.4, 0.5) is 0 Å². The third-order valence-corrected chi connectivity index (χ3v) is 6.43. The molecule has 1 aromatic heterocycles. The zero-order valence-corrected chi connectivity index (χ0v) is 19.6. The number of halogens is 1. The monoisotopic (exact) mass is 492 g/mol. The lowest BCUT2D eigenvalue weighted by Crippen LogP contribution is -2.13. The highest BCUT2D eigenvalue weighted by Gasteiger charge is 2.25. The van der Waals surface area contributed by atoms with Crippen molar-refractivity contribution in [1.29, 1.82) is 5.26 Å². The second kappa shape index (κ2) is 10.2. The first-order chi connectivity index (χ1) is 16.4. The first kappa shape index (κ1) is 23.7. The first-order valence-corrected chi connectivity index (χ1v) is 12.3. The molecule has 9 heteroatoms. The van der Waals surface area contributed by atoms with Gasteiger partial charge < -0.3 is 4.74 Å². The van der Waals surface area contributed by atoms with Crippen LogP contribution in [0.15, 0.2) is 83.8 Å². The van der Waals surface area contributed by atoms with E-state index in [1.54, 1.807) is 30.3 Å². The van der Waals surface area contributed by atoms with Crippen LogP contribution in [0.25, 0.3) is 22.4 Å². The van der Waals surface area contributed by atoms with Crippen LogP contribution < -0.4 is 5.14 Å². The van der Waals surface area contributed by atoms with Crippen molar-refractivity contribution in [3.8, 4) is 28.5 Å². The Labute approximate surface area is 203 Å². The highest BCUT2D eigenvalue weighted by atomic mass is 35.5. The van der Waals surface area contributed by atoms with Gasteiger partial charge in [0.25, 0.3) is 0 Å². The van der Waals surface area contributed by atoms with Gasteiger partial charge in [-0.05, 0) is 29.3 Å². The number of ether oxygens (including phenoxy) is 1. The Kier molecular flexibility index (Phi) is 7.10. The number of primary sulfonamides is 1. The minimum Gasteiger partial charge on any atom is -0.370 e. The molecule has 0 amide bonds. The molecule has 0 spiro atoms. The minimum absolute atomic E-state index is 0.0395. The van der Waals surface area contributed by atoms with Crippen LogP contribution >= 0.6 is 11.6 Å². The highest BCUT2D eigenvalue weighted by Crippen LogP contribution is 2.38. The van der Waals surface area contributed by atoms with Crippen LogP contribution in [0, 0.1) is 11.3 Å². The summed E-state index contributed by atoms with van der Waals surface area (Å²) in [4.78, 5) is -0.0522. The van der Waals surface area contributed by atoms with Crippen molar-refractivity contribution in [3.63, 3.8) is 0 Å². The number of nitrogens with two attached hydrogens (primary N) is 1. The van der Waals surface area contributed by atoms with Gasteiger partial charge in [-0.15, -0.1) is 0 Å². The molecule has 0 unspecified atom stereocenters. The Morgan fingerprint density at radius 2 is 1.65 bits per heavy atom. The van der Waals surface area contributed by atoms with Crippen LogP contribution in [0.2, 0.25) is 5.02 Å². The van der Waals surface area contributed by atoms with Crippen LogP contribution in [0.1, 0.15) is 11.3 Å². The summed E-state index contributed by atoms with van der Waals surface area (Å²) in [6, 6.07) is 25.3. The maximum atomic E-state index is 12.3. The maximum Gasteiger partial charge on any atom is 0.238 e. The lowest BCUT2D eigenvalue weighted by molar-refractivity contribution is 0.102. The summed E-state index contributed by atoms with van der Waals surface area (Å²) in [5, 5.41) is 20.1. The van der Waals surface area contributed by atoms with Crippen molar-refractivity contribution >= 4 is 21.6 Å².